The minimum Gasteiger partial charge on any atom is -0.383 e. The molecule has 0 saturated heterocycles. The molecule has 0 atom stereocenters. The largest absolute Gasteiger partial charge is 0.383 e. The Kier molecular flexibility index (Phi) is 2.02. The molecule has 17 heavy (non-hydrogen) atoms. The highest BCUT2D eigenvalue weighted by Gasteiger charge is 2.36. The molecule has 0 amide bonds. The molecule has 2 aromatic rings. The van der Waals surface area contributed by atoms with Crippen LogP contribution in [0, 0.1) is 0 Å². The second kappa shape index (κ2) is 3.32. The van der Waals surface area contributed by atoms with Crippen LogP contribution in [0.5, 0.6) is 0 Å². The van der Waals surface area contributed by atoms with Crippen molar-refractivity contribution < 1.29 is 0 Å². The second-order valence-electron chi connectivity index (χ2n) is 5.19. The van der Waals surface area contributed by atoms with Gasteiger partial charge in [-0.05, 0) is 30.4 Å². The van der Waals surface area contributed by atoms with Gasteiger partial charge in [-0.25, -0.2) is 4.98 Å². The highest BCUT2D eigenvalue weighted by atomic mass is 15.3. The van der Waals surface area contributed by atoms with E-state index < -0.39 is 0 Å². The van der Waals surface area contributed by atoms with Gasteiger partial charge in [-0.2, -0.15) is 9.78 Å². The molecule has 0 unspecified atom stereocenters. The van der Waals surface area contributed by atoms with E-state index in [2.05, 4.69) is 23.9 Å². The van der Waals surface area contributed by atoms with Gasteiger partial charge in [0, 0.05) is 11.8 Å². The number of fused-ring (bicyclic) bond motifs is 1. The van der Waals surface area contributed by atoms with E-state index >= 15 is 0 Å². The number of hydrogen-bond acceptors (Lipinski definition) is 3. The molecule has 4 heteroatoms. The zero-order chi connectivity index (χ0) is 12.0. The van der Waals surface area contributed by atoms with E-state index in [1.54, 1.807) is 10.9 Å². The first-order chi connectivity index (χ1) is 8.09. The summed E-state index contributed by atoms with van der Waals surface area (Å²) in [7, 11) is 0. The van der Waals surface area contributed by atoms with Crippen LogP contribution in [0.3, 0.4) is 0 Å². The number of aryl methyl sites for hydroxylation is 1. The number of aromatic nitrogens is 3. The molecule has 2 aromatic heterocycles. The number of anilines is 1. The lowest BCUT2D eigenvalue weighted by Gasteiger charge is -2.18. The van der Waals surface area contributed by atoms with Crippen molar-refractivity contribution in [1.82, 2.24) is 14.8 Å². The summed E-state index contributed by atoms with van der Waals surface area (Å²) in [6, 6.07) is 5.76. The van der Waals surface area contributed by atoms with E-state index in [4.69, 9.17) is 5.73 Å². The molecule has 88 valence electrons. The number of nitrogens with two attached hydrogens (primary N) is 1. The first-order valence-electron chi connectivity index (χ1n) is 5.89. The van der Waals surface area contributed by atoms with Crippen LogP contribution < -0.4 is 5.73 Å². The maximum Gasteiger partial charge on any atom is 0.155 e. The molecule has 0 aliphatic heterocycles. The van der Waals surface area contributed by atoms with Crippen LogP contribution in [-0.4, -0.2) is 14.8 Å². The number of pyridine rings is 1. The smallest absolute Gasteiger partial charge is 0.155 e. The molecule has 0 fully saturated rings. The van der Waals surface area contributed by atoms with Crippen molar-refractivity contribution in [2.75, 3.05) is 5.73 Å². The second-order valence-corrected chi connectivity index (χ2v) is 5.19. The molecule has 0 bridgehead atoms. The van der Waals surface area contributed by atoms with Gasteiger partial charge >= 0.3 is 0 Å². The van der Waals surface area contributed by atoms with Crippen molar-refractivity contribution in [3.05, 3.63) is 35.7 Å². The third-order valence-corrected chi connectivity index (χ3v) is 3.52. The van der Waals surface area contributed by atoms with Gasteiger partial charge in [0.25, 0.3) is 0 Å². The summed E-state index contributed by atoms with van der Waals surface area (Å²) >= 11 is 0. The van der Waals surface area contributed by atoms with Crippen molar-refractivity contribution in [2.24, 2.45) is 0 Å². The number of nitrogens with zero attached hydrogens (tertiary/aromatic N) is 3. The molecule has 0 saturated carbocycles. The lowest BCUT2D eigenvalue weighted by atomic mass is 9.87. The van der Waals surface area contributed by atoms with Crippen LogP contribution in [0.1, 0.15) is 31.5 Å². The zero-order valence-electron chi connectivity index (χ0n) is 10.1. The van der Waals surface area contributed by atoms with Gasteiger partial charge in [0.1, 0.15) is 5.82 Å². The van der Waals surface area contributed by atoms with Crippen LogP contribution in [-0.2, 0) is 11.8 Å². The Bertz CT molecular complexity index is 554. The normalized spacial score (nSPS) is 17.1. The Morgan fingerprint density at radius 1 is 1.35 bits per heavy atom. The number of rotatable bonds is 1. The van der Waals surface area contributed by atoms with Gasteiger partial charge in [0.2, 0.25) is 0 Å². The Morgan fingerprint density at radius 3 is 2.82 bits per heavy atom. The van der Waals surface area contributed by atoms with Crippen LogP contribution in [0.25, 0.3) is 5.82 Å². The maximum absolute atomic E-state index is 6.22. The van der Waals surface area contributed by atoms with Crippen molar-refractivity contribution >= 4 is 5.82 Å². The van der Waals surface area contributed by atoms with Crippen molar-refractivity contribution in [3.63, 3.8) is 0 Å². The van der Waals surface area contributed by atoms with Gasteiger partial charge in [-0.1, -0.05) is 19.9 Å². The minimum absolute atomic E-state index is 0.131. The van der Waals surface area contributed by atoms with Crippen LogP contribution in [0.2, 0.25) is 0 Å². The Morgan fingerprint density at radius 2 is 2.18 bits per heavy atom. The maximum atomic E-state index is 6.22. The lowest BCUT2D eigenvalue weighted by Crippen LogP contribution is -2.15. The molecule has 0 radical (unpaired) electrons. The predicted molar refractivity (Wildman–Crippen MR) is 67.1 cm³/mol. The molecular weight excluding hydrogens is 212 g/mol. The third kappa shape index (κ3) is 1.44. The van der Waals surface area contributed by atoms with E-state index in [1.807, 2.05) is 18.2 Å². The quantitative estimate of drug-likeness (QED) is 0.813. The number of hydrogen-bond donors (Lipinski definition) is 1. The Labute approximate surface area is 100 Å². The Balaban J connectivity index is 2.17. The van der Waals surface area contributed by atoms with Gasteiger partial charge in [0.15, 0.2) is 5.82 Å². The molecular formula is C13H16N4. The monoisotopic (exact) mass is 228 g/mol. The highest BCUT2D eigenvalue weighted by molar-refractivity contribution is 5.54. The van der Waals surface area contributed by atoms with E-state index in [0.29, 0.717) is 0 Å². The van der Waals surface area contributed by atoms with Gasteiger partial charge in [-0.3, -0.25) is 0 Å². The van der Waals surface area contributed by atoms with Crippen molar-refractivity contribution in [3.8, 4) is 5.82 Å². The first-order valence-corrected chi connectivity index (χ1v) is 5.89. The van der Waals surface area contributed by atoms with Crippen LogP contribution in [0.15, 0.2) is 24.4 Å². The summed E-state index contributed by atoms with van der Waals surface area (Å²) in [5.41, 5.74) is 8.67. The third-order valence-electron chi connectivity index (χ3n) is 3.52. The van der Waals surface area contributed by atoms with E-state index in [-0.39, 0.29) is 5.41 Å². The fourth-order valence-corrected chi connectivity index (χ4v) is 2.60. The Hall–Kier alpha value is -1.84. The summed E-state index contributed by atoms with van der Waals surface area (Å²) < 4.78 is 1.76. The van der Waals surface area contributed by atoms with Gasteiger partial charge in [0.05, 0.1) is 5.69 Å². The molecule has 0 spiro atoms. The van der Waals surface area contributed by atoms with Crippen molar-refractivity contribution in [2.45, 2.75) is 32.1 Å². The minimum atomic E-state index is 0.131. The zero-order valence-corrected chi connectivity index (χ0v) is 10.1. The fraction of sp³-hybridized carbons (Fsp3) is 0.385. The van der Waals surface area contributed by atoms with E-state index in [9.17, 15) is 0 Å². The molecule has 3 rings (SSSR count). The first kappa shape index (κ1) is 10.3. The standard InChI is InChI=1S/C13H16N4/c1-13(2)7-6-9-11(13)12(14)17(16-9)10-5-3-4-8-15-10/h3-5,8H,6-7,14H2,1-2H3. The number of nitrogen functional groups attached to an aromatic ring is 1. The molecule has 4 nitrogen and oxygen atoms in total. The molecule has 0 aromatic carbocycles. The van der Waals surface area contributed by atoms with Crippen LogP contribution >= 0.6 is 0 Å². The van der Waals surface area contributed by atoms with Gasteiger partial charge < -0.3 is 5.73 Å². The lowest BCUT2D eigenvalue weighted by molar-refractivity contribution is 0.519. The summed E-state index contributed by atoms with van der Waals surface area (Å²) in [5.74, 6) is 1.52. The van der Waals surface area contributed by atoms with Crippen molar-refractivity contribution in [1.29, 1.82) is 0 Å². The molecule has 1 aliphatic carbocycles. The fourth-order valence-electron chi connectivity index (χ4n) is 2.60. The van der Waals surface area contributed by atoms with E-state index in [1.165, 1.54) is 5.56 Å². The summed E-state index contributed by atoms with van der Waals surface area (Å²) in [6.07, 6.45) is 3.89. The molecule has 2 heterocycles. The summed E-state index contributed by atoms with van der Waals surface area (Å²) in [5, 5.41) is 4.59. The van der Waals surface area contributed by atoms with Crippen LogP contribution in [0.4, 0.5) is 5.82 Å². The molecule has 1 aliphatic rings. The highest BCUT2D eigenvalue weighted by Crippen LogP contribution is 2.41. The van der Waals surface area contributed by atoms with E-state index in [0.717, 1.165) is 30.2 Å². The topological polar surface area (TPSA) is 56.7 Å². The molecule has 2 N–H and O–H groups in total. The SMILES string of the molecule is CC1(C)CCc2nn(-c3ccccn3)c(N)c21. The summed E-state index contributed by atoms with van der Waals surface area (Å²) in [6.45, 7) is 4.44. The van der Waals surface area contributed by atoms with Gasteiger partial charge in [-0.15, -0.1) is 0 Å². The average molecular weight is 228 g/mol. The summed E-state index contributed by atoms with van der Waals surface area (Å²) in [4.78, 5) is 4.29. The average Bonchev–Trinajstić information content (AvgIpc) is 2.80. The predicted octanol–water partition coefficient (Wildman–Crippen LogP) is 2.07.